The fourth-order valence-corrected chi connectivity index (χ4v) is 2.84. The van der Waals surface area contributed by atoms with Crippen molar-refractivity contribution < 1.29 is 14.7 Å². The molecule has 1 aromatic rings. The lowest BCUT2D eigenvalue weighted by Crippen LogP contribution is -2.33. The van der Waals surface area contributed by atoms with E-state index in [4.69, 9.17) is 5.11 Å². The van der Waals surface area contributed by atoms with Crippen LogP contribution in [0.25, 0.3) is 0 Å². The Morgan fingerprint density at radius 2 is 2.04 bits per heavy atom. The van der Waals surface area contributed by atoms with E-state index < -0.39 is 5.97 Å². The number of carbonyl (C=O) groups is 2. The second-order valence-electron chi connectivity index (χ2n) is 6.05. The first-order chi connectivity index (χ1) is 11.6. The molecule has 1 aliphatic rings. The van der Waals surface area contributed by atoms with Gasteiger partial charge in [-0.3, -0.25) is 4.79 Å². The first-order valence-corrected chi connectivity index (χ1v) is 8.57. The Kier molecular flexibility index (Phi) is 6.79. The number of likely N-dealkylation sites (tertiary alicyclic amines) is 1. The Hall–Kier alpha value is -2.36. The van der Waals surface area contributed by atoms with Crippen molar-refractivity contribution in [3.63, 3.8) is 0 Å². The van der Waals surface area contributed by atoms with Crippen molar-refractivity contribution in [1.29, 1.82) is 0 Å². The molecule has 1 aliphatic heterocycles. The number of benzene rings is 1. The normalized spacial score (nSPS) is 18.1. The van der Waals surface area contributed by atoms with Crippen molar-refractivity contribution in [1.82, 2.24) is 4.90 Å². The minimum atomic E-state index is -0.919. The van der Waals surface area contributed by atoms with Crippen LogP contribution in [0.5, 0.6) is 0 Å². The summed E-state index contributed by atoms with van der Waals surface area (Å²) in [5.41, 5.74) is 1.33. The number of carbonyl (C=O) groups excluding carboxylic acids is 1. The van der Waals surface area contributed by atoms with Gasteiger partial charge in [0.15, 0.2) is 0 Å². The molecule has 24 heavy (non-hydrogen) atoms. The number of allylic oxidation sites excluding steroid dienone is 3. The third kappa shape index (κ3) is 5.08. The summed E-state index contributed by atoms with van der Waals surface area (Å²) in [5.74, 6) is -0.720. The summed E-state index contributed by atoms with van der Waals surface area (Å²) in [6.45, 7) is 2.81. The maximum Gasteiger partial charge on any atom is 0.335 e. The van der Waals surface area contributed by atoms with Gasteiger partial charge in [0, 0.05) is 13.0 Å². The summed E-state index contributed by atoms with van der Waals surface area (Å²) in [5, 5.41) is 8.92. The molecule has 0 aliphatic carbocycles. The van der Waals surface area contributed by atoms with Crippen molar-refractivity contribution in [2.45, 2.75) is 45.1 Å². The molecule has 1 saturated heterocycles. The van der Waals surface area contributed by atoms with Crippen LogP contribution in [0.1, 0.15) is 48.5 Å². The molecule has 0 spiro atoms. The number of nitrogens with zero attached hydrogens (tertiary/aromatic N) is 1. The Balaban J connectivity index is 1.91. The Morgan fingerprint density at radius 1 is 1.29 bits per heavy atom. The van der Waals surface area contributed by atoms with Crippen LogP contribution in [0.2, 0.25) is 0 Å². The molecule has 1 aromatic carbocycles. The monoisotopic (exact) mass is 327 g/mol. The third-order valence-corrected chi connectivity index (χ3v) is 4.25. The van der Waals surface area contributed by atoms with Crippen LogP contribution in [-0.4, -0.2) is 34.5 Å². The fourth-order valence-electron chi connectivity index (χ4n) is 2.84. The van der Waals surface area contributed by atoms with Gasteiger partial charge in [0.05, 0.1) is 11.6 Å². The maximum absolute atomic E-state index is 12.1. The van der Waals surface area contributed by atoms with Crippen molar-refractivity contribution in [3.8, 4) is 0 Å². The Morgan fingerprint density at radius 3 is 2.71 bits per heavy atom. The summed E-state index contributed by atoms with van der Waals surface area (Å²) in [7, 11) is 0. The summed E-state index contributed by atoms with van der Waals surface area (Å²) in [4.78, 5) is 24.9. The second-order valence-corrected chi connectivity index (χ2v) is 6.05. The minimum absolute atomic E-state index is 0.169. The van der Waals surface area contributed by atoms with E-state index in [1.54, 1.807) is 12.1 Å². The molecule has 1 atom stereocenters. The van der Waals surface area contributed by atoms with Crippen LogP contribution in [0.3, 0.4) is 0 Å². The summed E-state index contributed by atoms with van der Waals surface area (Å²) in [6, 6.07) is 7.03. The van der Waals surface area contributed by atoms with E-state index in [9.17, 15) is 9.59 Å². The molecule has 0 saturated carbocycles. The number of aromatic carboxylic acids is 1. The Bertz CT molecular complexity index is 616. The number of hydrogen-bond donors (Lipinski definition) is 1. The average molecular weight is 327 g/mol. The topological polar surface area (TPSA) is 57.6 Å². The molecule has 1 fully saturated rings. The number of amides is 1. The number of rotatable bonds is 8. The number of unbranched alkanes of at least 4 members (excludes halogenated alkanes) is 1. The van der Waals surface area contributed by atoms with E-state index in [1.165, 1.54) is 0 Å². The van der Waals surface area contributed by atoms with Crippen LogP contribution in [0.15, 0.2) is 48.6 Å². The van der Waals surface area contributed by atoms with Crippen LogP contribution in [0.4, 0.5) is 0 Å². The lowest BCUT2D eigenvalue weighted by atomic mass is 10.1. The molecule has 2 rings (SSSR count). The number of carboxylic acids is 1. The molecule has 0 aromatic heterocycles. The van der Waals surface area contributed by atoms with Crippen molar-refractivity contribution in [2.75, 3.05) is 6.54 Å². The quantitative estimate of drug-likeness (QED) is 0.738. The summed E-state index contributed by atoms with van der Waals surface area (Å²) >= 11 is 0. The van der Waals surface area contributed by atoms with Crippen LogP contribution < -0.4 is 0 Å². The lowest BCUT2D eigenvalue weighted by molar-refractivity contribution is -0.128. The van der Waals surface area contributed by atoms with E-state index in [0.717, 1.165) is 31.2 Å². The minimum Gasteiger partial charge on any atom is -0.478 e. The van der Waals surface area contributed by atoms with Gasteiger partial charge in [-0.25, -0.2) is 4.79 Å². The van der Waals surface area contributed by atoms with Gasteiger partial charge in [-0.05, 0) is 37.0 Å². The van der Waals surface area contributed by atoms with Gasteiger partial charge in [0.1, 0.15) is 0 Å². The van der Waals surface area contributed by atoms with Crippen molar-refractivity contribution in [3.05, 3.63) is 59.7 Å². The fraction of sp³-hybridized carbons (Fsp3) is 0.400. The van der Waals surface area contributed by atoms with Crippen molar-refractivity contribution in [2.24, 2.45) is 0 Å². The molecular formula is C20H25NO3. The van der Waals surface area contributed by atoms with E-state index in [-0.39, 0.29) is 17.5 Å². The molecule has 1 heterocycles. The first-order valence-electron chi connectivity index (χ1n) is 8.57. The van der Waals surface area contributed by atoms with Gasteiger partial charge < -0.3 is 10.0 Å². The van der Waals surface area contributed by atoms with E-state index >= 15 is 0 Å². The largest absolute Gasteiger partial charge is 0.478 e. The van der Waals surface area contributed by atoms with E-state index in [1.807, 2.05) is 23.1 Å². The standard InChI is InChI=1S/C20H25NO3/c1-2-3-4-5-6-7-18-12-13-19(22)21(18)15-14-16-8-10-17(11-9-16)20(23)24/h4-11,18H,2-3,12-15H2,1H3,(H,23,24)/b5-4-,7-6+/t18-/m0/s1. The summed E-state index contributed by atoms with van der Waals surface area (Å²) in [6.07, 6.45) is 12.8. The third-order valence-electron chi connectivity index (χ3n) is 4.25. The predicted molar refractivity (Wildman–Crippen MR) is 95.0 cm³/mol. The zero-order valence-electron chi connectivity index (χ0n) is 14.1. The van der Waals surface area contributed by atoms with Crippen molar-refractivity contribution >= 4 is 11.9 Å². The highest BCUT2D eigenvalue weighted by Gasteiger charge is 2.28. The maximum atomic E-state index is 12.1. The molecule has 4 nitrogen and oxygen atoms in total. The summed E-state index contributed by atoms with van der Waals surface area (Å²) < 4.78 is 0. The lowest BCUT2D eigenvalue weighted by Gasteiger charge is -2.22. The van der Waals surface area contributed by atoms with Gasteiger partial charge in [-0.1, -0.05) is 49.8 Å². The van der Waals surface area contributed by atoms with E-state index in [0.29, 0.717) is 13.0 Å². The highest BCUT2D eigenvalue weighted by molar-refractivity contribution is 5.87. The molecule has 0 radical (unpaired) electrons. The number of hydrogen-bond acceptors (Lipinski definition) is 2. The van der Waals surface area contributed by atoms with Crippen LogP contribution in [-0.2, 0) is 11.2 Å². The van der Waals surface area contributed by atoms with Crippen LogP contribution >= 0.6 is 0 Å². The first kappa shape index (κ1) is 18.0. The zero-order valence-corrected chi connectivity index (χ0v) is 14.1. The number of carboxylic acid groups (broad SMARTS) is 1. The van der Waals surface area contributed by atoms with Gasteiger partial charge in [-0.2, -0.15) is 0 Å². The smallest absolute Gasteiger partial charge is 0.335 e. The molecule has 4 heteroatoms. The highest BCUT2D eigenvalue weighted by Crippen LogP contribution is 2.20. The Labute approximate surface area is 143 Å². The molecular weight excluding hydrogens is 302 g/mol. The zero-order chi connectivity index (χ0) is 17.4. The SMILES string of the molecule is CCC/C=C\C=C\[C@H]1CCC(=O)N1CCc1ccc(C(=O)O)cc1. The van der Waals surface area contributed by atoms with Crippen LogP contribution in [0, 0.1) is 0 Å². The van der Waals surface area contributed by atoms with Gasteiger partial charge in [0.25, 0.3) is 0 Å². The highest BCUT2D eigenvalue weighted by atomic mass is 16.4. The molecule has 128 valence electrons. The van der Waals surface area contributed by atoms with Gasteiger partial charge in [0.2, 0.25) is 5.91 Å². The second kappa shape index (κ2) is 9.06. The van der Waals surface area contributed by atoms with Gasteiger partial charge in [-0.15, -0.1) is 0 Å². The van der Waals surface area contributed by atoms with E-state index in [2.05, 4.69) is 25.2 Å². The molecule has 1 amide bonds. The molecule has 1 N–H and O–H groups in total. The van der Waals surface area contributed by atoms with Gasteiger partial charge >= 0.3 is 5.97 Å². The average Bonchev–Trinajstić information content (AvgIpc) is 2.93. The predicted octanol–water partition coefficient (Wildman–Crippen LogP) is 3.83. The molecule has 0 unspecified atom stereocenters. The molecule has 0 bridgehead atoms.